The van der Waals surface area contributed by atoms with Crippen molar-refractivity contribution in [1.29, 1.82) is 0 Å². The fourth-order valence-corrected chi connectivity index (χ4v) is 3.66. The normalized spacial score (nSPS) is 33.1. The molecule has 2 rings (SSSR count). The zero-order valence-electron chi connectivity index (χ0n) is 11.1. The van der Waals surface area contributed by atoms with Gasteiger partial charge in [-0.25, -0.2) is 0 Å². The number of aliphatic hydroxyl groups is 1. The third kappa shape index (κ3) is 3.23. The van der Waals surface area contributed by atoms with E-state index in [2.05, 4.69) is 4.90 Å². The second-order valence-corrected chi connectivity index (χ2v) is 6.00. The van der Waals surface area contributed by atoms with Crippen LogP contribution >= 0.6 is 0 Å². The summed E-state index contributed by atoms with van der Waals surface area (Å²) in [6, 6.07) is 0. The van der Waals surface area contributed by atoms with Crippen LogP contribution in [0.5, 0.6) is 0 Å². The van der Waals surface area contributed by atoms with Crippen LogP contribution in [0, 0.1) is 5.41 Å². The van der Waals surface area contributed by atoms with Crippen molar-refractivity contribution in [2.75, 3.05) is 19.6 Å². The Kier molecular flexibility index (Phi) is 4.62. The van der Waals surface area contributed by atoms with E-state index < -0.39 is 5.97 Å². The Bertz CT molecular complexity index is 295. The Hall–Kier alpha value is -0.610. The molecule has 2 N–H and O–H groups in total. The molecule has 2 fully saturated rings. The number of nitrogens with zero attached hydrogens (tertiary/aromatic N) is 1. The lowest BCUT2D eigenvalue weighted by Gasteiger charge is -2.42. The van der Waals surface area contributed by atoms with Crippen molar-refractivity contribution in [3.8, 4) is 0 Å². The summed E-state index contributed by atoms with van der Waals surface area (Å²) >= 11 is 0. The van der Waals surface area contributed by atoms with Gasteiger partial charge in [-0.05, 0) is 51.6 Å². The number of aliphatic hydroxyl groups excluding tert-OH is 1. The Morgan fingerprint density at radius 2 is 2.06 bits per heavy atom. The Morgan fingerprint density at radius 3 is 2.72 bits per heavy atom. The molecule has 0 bridgehead atoms. The van der Waals surface area contributed by atoms with Crippen molar-refractivity contribution < 1.29 is 15.0 Å². The number of unbranched alkanes of at least 4 members (excludes halogenated alkanes) is 1. The maximum Gasteiger partial charge on any atom is 0.303 e. The quantitative estimate of drug-likeness (QED) is 0.736. The lowest BCUT2D eigenvalue weighted by atomic mass is 9.76. The summed E-state index contributed by atoms with van der Waals surface area (Å²) in [5.41, 5.74) is 0.158. The zero-order valence-corrected chi connectivity index (χ0v) is 11.1. The van der Waals surface area contributed by atoms with Gasteiger partial charge < -0.3 is 15.1 Å². The summed E-state index contributed by atoms with van der Waals surface area (Å²) < 4.78 is 0. The summed E-state index contributed by atoms with van der Waals surface area (Å²) in [6.07, 6.45) is 7.53. The van der Waals surface area contributed by atoms with Gasteiger partial charge in [0.1, 0.15) is 0 Å². The third-order valence-corrected chi connectivity index (χ3v) is 4.66. The minimum absolute atomic E-state index is 0.112. The van der Waals surface area contributed by atoms with Gasteiger partial charge in [0.25, 0.3) is 0 Å². The molecule has 0 aromatic rings. The van der Waals surface area contributed by atoms with Gasteiger partial charge >= 0.3 is 5.97 Å². The number of carboxylic acid groups (broad SMARTS) is 1. The van der Waals surface area contributed by atoms with Gasteiger partial charge in [-0.1, -0.05) is 6.42 Å². The number of carbonyl (C=O) groups is 1. The molecule has 0 radical (unpaired) electrons. The third-order valence-electron chi connectivity index (χ3n) is 4.66. The molecular weight excluding hydrogens is 230 g/mol. The number of piperidine rings is 1. The fraction of sp³-hybridized carbons (Fsp3) is 0.929. The summed E-state index contributed by atoms with van der Waals surface area (Å²) in [5, 5.41) is 18.8. The second kappa shape index (κ2) is 6.02. The first-order valence-corrected chi connectivity index (χ1v) is 7.25. The molecule has 0 aromatic heterocycles. The average Bonchev–Trinajstić information content (AvgIpc) is 2.66. The average molecular weight is 255 g/mol. The van der Waals surface area contributed by atoms with Crippen LogP contribution in [-0.4, -0.2) is 46.8 Å². The van der Waals surface area contributed by atoms with Crippen LogP contribution in [0.2, 0.25) is 0 Å². The largest absolute Gasteiger partial charge is 0.481 e. The molecule has 1 heterocycles. The molecule has 1 saturated heterocycles. The molecule has 1 aliphatic carbocycles. The predicted octanol–water partition coefficient (Wildman–Crippen LogP) is 1.87. The van der Waals surface area contributed by atoms with Crippen molar-refractivity contribution >= 4 is 5.97 Å². The number of rotatable bonds is 5. The molecule has 1 spiro atoms. The van der Waals surface area contributed by atoms with Crippen molar-refractivity contribution in [3.63, 3.8) is 0 Å². The molecule has 1 aliphatic heterocycles. The van der Waals surface area contributed by atoms with Crippen LogP contribution < -0.4 is 0 Å². The summed E-state index contributed by atoms with van der Waals surface area (Å²) in [7, 11) is 0. The van der Waals surface area contributed by atoms with Crippen LogP contribution in [-0.2, 0) is 4.79 Å². The van der Waals surface area contributed by atoms with Gasteiger partial charge in [0.15, 0.2) is 0 Å². The van der Waals surface area contributed by atoms with Gasteiger partial charge in [0, 0.05) is 18.4 Å². The standard InChI is InChI=1S/C14H25NO3/c16-12-5-3-7-14(12)8-4-10-15(11-14)9-2-1-6-13(17)18/h12,16H,1-11H2,(H,17,18)/t12-,14+/m1/s1. The highest BCUT2D eigenvalue weighted by molar-refractivity contribution is 5.66. The molecule has 0 aromatic carbocycles. The van der Waals surface area contributed by atoms with E-state index in [1.807, 2.05) is 0 Å². The first kappa shape index (κ1) is 13.8. The van der Waals surface area contributed by atoms with Gasteiger partial charge in [-0.2, -0.15) is 0 Å². The molecule has 0 amide bonds. The van der Waals surface area contributed by atoms with E-state index in [0.717, 1.165) is 45.3 Å². The van der Waals surface area contributed by atoms with E-state index in [1.54, 1.807) is 0 Å². The number of hydrogen-bond donors (Lipinski definition) is 2. The van der Waals surface area contributed by atoms with Crippen LogP contribution in [0.1, 0.15) is 51.4 Å². The second-order valence-electron chi connectivity index (χ2n) is 6.00. The molecule has 4 nitrogen and oxygen atoms in total. The summed E-state index contributed by atoms with van der Waals surface area (Å²) in [5.74, 6) is -0.698. The van der Waals surface area contributed by atoms with Crippen LogP contribution in [0.3, 0.4) is 0 Å². The van der Waals surface area contributed by atoms with Gasteiger partial charge in [0.05, 0.1) is 6.10 Å². The SMILES string of the molecule is O=C(O)CCCCN1CCC[C@@]2(CCC[C@H]2O)C1. The molecule has 2 atom stereocenters. The van der Waals surface area contributed by atoms with Crippen molar-refractivity contribution in [1.82, 2.24) is 4.90 Å². The van der Waals surface area contributed by atoms with E-state index in [9.17, 15) is 9.90 Å². The molecule has 4 heteroatoms. The van der Waals surface area contributed by atoms with Gasteiger partial charge in [0.2, 0.25) is 0 Å². The first-order chi connectivity index (χ1) is 8.62. The van der Waals surface area contributed by atoms with Crippen LogP contribution in [0.15, 0.2) is 0 Å². The highest BCUT2D eigenvalue weighted by Gasteiger charge is 2.44. The molecular formula is C14H25NO3. The minimum Gasteiger partial charge on any atom is -0.481 e. The lowest BCUT2D eigenvalue weighted by molar-refractivity contribution is -0.137. The van der Waals surface area contributed by atoms with E-state index in [0.29, 0.717) is 0 Å². The predicted molar refractivity (Wildman–Crippen MR) is 69.5 cm³/mol. The zero-order chi connectivity index (χ0) is 13.0. The number of aliphatic carboxylic acids is 1. The van der Waals surface area contributed by atoms with Crippen molar-refractivity contribution in [3.05, 3.63) is 0 Å². The smallest absolute Gasteiger partial charge is 0.303 e. The van der Waals surface area contributed by atoms with Crippen molar-refractivity contribution in [2.24, 2.45) is 5.41 Å². The minimum atomic E-state index is -0.698. The molecule has 104 valence electrons. The highest BCUT2D eigenvalue weighted by Crippen LogP contribution is 2.44. The lowest BCUT2D eigenvalue weighted by Crippen LogP contribution is -2.47. The maximum atomic E-state index is 10.5. The Labute approximate surface area is 109 Å². The van der Waals surface area contributed by atoms with Gasteiger partial charge in [-0.15, -0.1) is 0 Å². The first-order valence-electron chi connectivity index (χ1n) is 7.25. The fourth-order valence-electron chi connectivity index (χ4n) is 3.66. The number of likely N-dealkylation sites (tertiary alicyclic amines) is 1. The van der Waals surface area contributed by atoms with E-state index in [-0.39, 0.29) is 17.9 Å². The Balaban J connectivity index is 1.75. The molecule has 2 aliphatic rings. The van der Waals surface area contributed by atoms with E-state index in [4.69, 9.17) is 5.11 Å². The highest BCUT2D eigenvalue weighted by atomic mass is 16.4. The Morgan fingerprint density at radius 1 is 1.28 bits per heavy atom. The van der Waals surface area contributed by atoms with Gasteiger partial charge in [-0.3, -0.25) is 4.79 Å². The van der Waals surface area contributed by atoms with Crippen molar-refractivity contribution in [2.45, 2.75) is 57.5 Å². The molecule has 1 saturated carbocycles. The number of carboxylic acids is 1. The maximum absolute atomic E-state index is 10.5. The summed E-state index contributed by atoms with van der Waals surface area (Å²) in [4.78, 5) is 12.9. The topological polar surface area (TPSA) is 60.8 Å². The molecule has 18 heavy (non-hydrogen) atoms. The molecule has 0 unspecified atom stereocenters. The monoisotopic (exact) mass is 255 g/mol. The van der Waals surface area contributed by atoms with Crippen LogP contribution in [0.4, 0.5) is 0 Å². The number of hydrogen-bond acceptors (Lipinski definition) is 3. The van der Waals surface area contributed by atoms with Crippen LogP contribution in [0.25, 0.3) is 0 Å². The van der Waals surface area contributed by atoms with E-state index in [1.165, 1.54) is 19.3 Å². The summed E-state index contributed by atoms with van der Waals surface area (Å²) in [6.45, 7) is 3.12. The van der Waals surface area contributed by atoms with E-state index >= 15 is 0 Å².